The van der Waals surface area contributed by atoms with Gasteiger partial charge >= 0.3 is 6.03 Å². The molecular weight excluding hydrogens is 428 g/mol. The van der Waals surface area contributed by atoms with Crippen LogP contribution in [-0.2, 0) is 9.59 Å². The molecule has 4 rings (SSSR count). The third-order valence-electron chi connectivity index (χ3n) is 4.96. The molecule has 1 aliphatic heterocycles. The van der Waals surface area contributed by atoms with Crippen LogP contribution in [0.1, 0.15) is 24.2 Å². The van der Waals surface area contributed by atoms with Gasteiger partial charge in [-0.1, -0.05) is 54.1 Å². The Bertz CT molecular complexity index is 1190. The molecule has 1 atom stereocenters. The van der Waals surface area contributed by atoms with Crippen molar-refractivity contribution in [2.75, 3.05) is 4.90 Å². The Labute approximate surface area is 190 Å². The van der Waals surface area contributed by atoms with E-state index in [1.54, 1.807) is 36.4 Å². The molecule has 0 radical (unpaired) electrons. The quantitative estimate of drug-likeness (QED) is 0.434. The fourth-order valence-electron chi connectivity index (χ4n) is 3.29. The maximum atomic E-state index is 12.9. The van der Waals surface area contributed by atoms with E-state index in [1.165, 1.54) is 18.2 Å². The number of ether oxygens (including phenoxy) is 1. The van der Waals surface area contributed by atoms with Crippen molar-refractivity contribution in [2.24, 2.45) is 0 Å². The number of carbonyl (C=O) groups excluding carboxylic acids is 3. The lowest BCUT2D eigenvalue weighted by molar-refractivity contribution is -0.122. The van der Waals surface area contributed by atoms with Crippen LogP contribution in [0.3, 0.4) is 0 Å². The minimum atomic E-state index is -0.807. The number of carbonyl (C=O) groups is 3. The molecule has 4 amide bonds. The number of nitrogens with zero attached hydrogens (tertiary/aromatic N) is 1. The summed E-state index contributed by atoms with van der Waals surface area (Å²) in [4.78, 5) is 38.4. The summed E-state index contributed by atoms with van der Waals surface area (Å²) in [6.07, 6.45) is 1.31. The average Bonchev–Trinajstić information content (AvgIpc) is 2.79. The predicted octanol–water partition coefficient (Wildman–Crippen LogP) is 5.15. The van der Waals surface area contributed by atoms with Gasteiger partial charge in [0.25, 0.3) is 11.8 Å². The number of anilines is 1. The molecule has 7 heteroatoms. The first kappa shape index (κ1) is 21.3. The Morgan fingerprint density at radius 1 is 0.906 bits per heavy atom. The van der Waals surface area contributed by atoms with E-state index in [1.807, 2.05) is 37.3 Å². The molecule has 1 saturated heterocycles. The number of hydrogen-bond acceptors (Lipinski definition) is 4. The standard InChI is InChI=1S/C25H19ClN2O4/c1-16(18-5-3-2-4-6-18)32-21-13-7-17(8-14-21)15-22-23(29)27-25(31)28(24(22)30)20-11-9-19(26)10-12-20/h2-16H,1H3,(H,27,29,31). The number of halogens is 1. The van der Waals surface area contributed by atoms with Crippen molar-refractivity contribution in [1.82, 2.24) is 5.32 Å². The van der Waals surface area contributed by atoms with Crippen molar-refractivity contribution in [1.29, 1.82) is 0 Å². The molecule has 3 aromatic rings. The second-order valence-corrected chi connectivity index (χ2v) is 7.61. The SMILES string of the molecule is CC(Oc1ccc(C=C2C(=O)NC(=O)N(c3ccc(Cl)cc3)C2=O)cc1)c1ccccc1. The largest absolute Gasteiger partial charge is 0.486 e. The number of nitrogens with one attached hydrogen (secondary N) is 1. The van der Waals surface area contributed by atoms with Crippen molar-refractivity contribution in [3.63, 3.8) is 0 Å². The van der Waals surface area contributed by atoms with Gasteiger partial charge in [0.1, 0.15) is 17.4 Å². The summed E-state index contributed by atoms with van der Waals surface area (Å²) in [5.74, 6) is -0.803. The van der Waals surface area contributed by atoms with E-state index in [-0.39, 0.29) is 11.7 Å². The summed E-state index contributed by atoms with van der Waals surface area (Å²) >= 11 is 5.88. The highest BCUT2D eigenvalue weighted by atomic mass is 35.5. The number of rotatable bonds is 5. The number of barbiturate groups is 1. The van der Waals surface area contributed by atoms with E-state index in [0.29, 0.717) is 22.0 Å². The smallest absolute Gasteiger partial charge is 0.335 e. The van der Waals surface area contributed by atoms with Crippen LogP contribution in [0.15, 0.2) is 84.4 Å². The van der Waals surface area contributed by atoms with Gasteiger partial charge in [-0.2, -0.15) is 0 Å². The Hall–Kier alpha value is -3.90. The van der Waals surface area contributed by atoms with Gasteiger partial charge in [-0.15, -0.1) is 0 Å². The van der Waals surface area contributed by atoms with Crippen LogP contribution in [0.2, 0.25) is 5.02 Å². The van der Waals surface area contributed by atoms with Gasteiger partial charge in [0, 0.05) is 5.02 Å². The highest BCUT2D eigenvalue weighted by Crippen LogP contribution is 2.25. The van der Waals surface area contributed by atoms with Crippen LogP contribution >= 0.6 is 11.6 Å². The molecule has 0 spiro atoms. The van der Waals surface area contributed by atoms with Crippen LogP contribution in [-0.4, -0.2) is 17.8 Å². The second-order valence-electron chi connectivity index (χ2n) is 7.17. The highest BCUT2D eigenvalue weighted by molar-refractivity contribution is 6.39. The molecule has 0 bridgehead atoms. The van der Waals surface area contributed by atoms with Gasteiger partial charge in [-0.3, -0.25) is 14.9 Å². The molecule has 160 valence electrons. The average molecular weight is 447 g/mol. The maximum absolute atomic E-state index is 12.9. The van der Waals surface area contributed by atoms with Gasteiger partial charge < -0.3 is 4.74 Å². The Morgan fingerprint density at radius 2 is 1.56 bits per heavy atom. The van der Waals surface area contributed by atoms with Crippen LogP contribution in [0, 0.1) is 0 Å². The zero-order valence-corrected chi connectivity index (χ0v) is 17.9. The first-order chi connectivity index (χ1) is 15.4. The van der Waals surface area contributed by atoms with Gasteiger partial charge in [-0.05, 0) is 60.5 Å². The van der Waals surface area contributed by atoms with Crippen molar-refractivity contribution >= 4 is 41.2 Å². The molecule has 1 N–H and O–H groups in total. The Balaban J connectivity index is 1.54. The lowest BCUT2D eigenvalue weighted by atomic mass is 10.1. The molecule has 32 heavy (non-hydrogen) atoms. The van der Waals surface area contributed by atoms with Crippen molar-refractivity contribution in [3.05, 3.63) is 101 Å². The number of hydrogen-bond donors (Lipinski definition) is 1. The van der Waals surface area contributed by atoms with Gasteiger partial charge in [0.2, 0.25) is 0 Å². The zero-order chi connectivity index (χ0) is 22.7. The van der Waals surface area contributed by atoms with Crippen molar-refractivity contribution in [3.8, 4) is 5.75 Å². The minimum absolute atomic E-state index is 0.134. The van der Waals surface area contributed by atoms with Crippen LogP contribution in [0.25, 0.3) is 6.08 Å². The second kappa shape index (κ2) is 9.08. The molecule has 1 unspecified atom stereocenters. The van der Waals surface area contributed by atoms with E-state index >= 15 is 0 Å². The first-order valence-electron chi connectivity index (χ1n) is 9.91. The van der Waals surface area contributed by atoms with E-state index in [0.717, 1.165) is 10.5 Å². The summed E-state index contributed by atoms with van der Waals surface area (Å²) in [6, 6.07) is 22.2. The maximum Gasteiger partial charge on any atom is 0.335 e. The molecule has 1 heterocycles. The monoisotopic (exact) mass is 446 g/mol. The van der Waals surface area contributed by atoms with E-state index in [9.17, 15) is 14.4 Å². The predicted molar refractivity (Wildman–Crippen MR) is 122 cm³/mol. The first-order valence-corrected chi connectivity index (χ1v) is 10.3. The number of amides is 4. The van der Waals surface area contributed by atoms with E-state index < -0.39 is 17.8 Å². The fourth-order valence-corrected chi connectivity index (χ4v) is 3.41. The molecule has 0 aromatic heterocycles. The topological polar surface area (TPSA) is 75.7 Å². The summed E-state index contributed by atoms with van der Waals surface area (Å²) in [5, 5.41) is 2.67. The Kier molecular flexibility index (Phi) is 6.05. The van der Waals surface area contributed by atoms with Crippen LogP contribution in [0.5, 0.6) is 5.75 Å². The highest BCUT2D eigenvalue weighted by Gasteiger charge is 2.36. The minimum Gasteiger partial charge on any atom is -0.486 e. The summed E-state index contributed by atoms with van der Waals surface area (Å²) in [6.45, 7) is 1.96. The molecular formula is C25H19ClN2O4. The van der Waals surface area contributed by atoms with Crippen molar-refractivity contribution in [2.45, 2.75) is 13.0 Å². The molecule has 1 fully saturated rings. The van der Waals surface area contributed by atoms with Crippen LogP contribution in [0.4, 0.5) is 10.5 Å². The normalized spacial score (nSPS) is 16.1. The van der Waals surface area contributed by atoms with E-state index in [4.69, 9.17) is 16.3 Å². The fraction of sp³-hybridized carbons (Fsp3) is 0.0800. The number of benzene rings is 3. The number of urea groups is 1. The third-order valence-corrected chi connectivity index (χ3v) is 5.21. The third kappa shape index (κ3) is 4.55. The lowest BCUT2D eigenvalue weighted by Gasteiger charge is -2.26. The van der Waals surface area contributed by atoms with Crippen LogP contribution < -0.4 is 15.0 Å². The Morgan fingerprint density at radius 3 is 2.22 bits per heavy atom. The summed E-state index contributed by atoms with van der Waals surface area (Å²) in [7, 11) is 0. The van der Waals surface area contributed by atoms with Gasteiger partial charge in [0.05, 0.1) is 5.69 Å². The number of imide groups is 2. The molecule has 3 aromatic carbocycles. The molecule has 0 saturated carbocycles. The summed E-state index contributed by atoms with van der Waals surface area (Å²) in [5.41, 5.74) is 1.84. The molecule has 1 aliphatic rings. The van der Waals surface area contributed by atoms with E-state index in [2.05, 4.69) is 5.32 Å². The molecule has 6 nitrogen and oxygen atoms in total. The van der Waals surface area contributed by atoms with Crippen molar-refractivity contribution < 1.29 is 19.1 Å². The molecule has 0 aliphatic carbocycles. The lowest BCUT2D eigenvalue weighted by Crippen LogP contribution is -2.54. The zero-order valence-electron chi connectivity index (χ0n) is 17.1. The van der Waals surface area contributed by atoms with Gasteiger partial charge in [-0.25, -0.2) is 9.69 Å². The van der Waals surface area contributed by atoms with Gasteiger partial charge in [0.15, 0.2) is 0 Å². The summed E-state index contributed by atoms with van der Waals surface area (Å²) < 4.78 is 5.96.